The largest absolute Gasteiger partial charge is 0.314 e. The zero-order valence-electron chi connectivity index (χ0n) is 10.1. The first kappa shape index (κ1) is 12.0. The average Bonchev–Trinajstić information content (AvgIpc) is 2.87. The van der Waals surface area contributed by atoms with Gasteiger partial charge in [-0.2, -0.15) is 0 Å². The van der Waals surface area contributed by atoms with Crippen LogP contribution in [0.3, 0.4) is 0 Å². The molecule has 2 rings (SSSR count). The first-order valence-corrected chi connectivity index (χ1v) is 7.01. The summed E-state index contributed by atoms with van der Waals surface area (Å²) in [4.78, 5) is 6.86. The molecule has 3 nitrogen and oxygen atoms in total. The highest BCUT2D eigenvalue weighted by Gasteiger charge is 2.22. The Balaban J connectivity index is 1.71. The molecule has 1 unspecified atom stereocenters. The molecule has 0 spiro atoms. The van der Waals surface area contributed by atoms with E-state index in [0.29, 0.717) is 6.04 Å². The number of aromatic nitrogens is 1. The number of nitrogens with one attached hydrogen (secondary N) is 1. The third kappa shape index (κ3) is 3.54. The molecule has 16 heavy (non-hydrogen) atoms. The Morgan fingerprint density at radius 3 is 3.19 bits per heavy atom. The third-order valence-electron chi connectivity index (χ3n) is 3.05. The van der Waals surface area contributed by atoms with Gasteiger partial charge in [-0.1, -0.05) is 13.8 Å². The lowest BCUT2D eigenvalue weighted by Crippen LogP contribution is -2.30. The van der Waals surface area contributed by atoms with Crippen molar-refractivity contribution in [2.75, 3.05) is 19.6 Å². The maximum Gasteiger partial charge on any atom is 0.0795 e. The molecule has 1 aliphatic heterocycles. The van der Waals surface area contributed by atoms with E-state index in [-0.39, 0.29) is 0 Å². The Morgan fingerprint density at radius 1 is 1.62 bits per heavy atom. The highest BCUT2D eigenvalue weighted by molar-refractivity contribution is 7.07. The van der Waals surface area contributed by atoms with Crippen LogP contribution in [-0.4, -0.2) is 35.6 Å². The average molecular weight is 239 g/mol. The summed E-state index contributed by atoms with van der Waals surface area (Å²) in [5.41, 5.74) is 3.14. The molecule has 0 aliphatic carbocycles. The SMILES string of the molecule is CC(C)NCC1CCN(Cc2cscn2)C1. The van der Waals surface area contributed by atoms with Gasteiger partial charge in [-0.15, -0.1) is 11.3 Å². The fourth-order valence-electron chi connectivity index (χ4n) is 2.17. The third-order valence-corrected chi connectivity index (χ3v) is 3.69. The van der Waals surface area contributed by atoms with Gasteiger partial charge in [0, 0.05) is 24.5 Å². The van der Waals surface area contributed by atoms with E-state index in [1.807, 2.05) is 5.51 Å². The first-order valence-electron chi connectivity index (χ1n) is 6.07. The lowest BCUT2D eigenvalue weighted by molar-refractivity contribution is 0.310. The van der Waals surface area contributed by atoms with Gasteiger partial charge in [0.2, 0.25) is 0 Å². The predicted octanol–water partition coefficient (Wildman–Crippen LogP) is 1.96. The Kier molecular flexibility index (Phi) is 4.32. The molecule has 2 heterocycles. The van der Waals surface area contributed by atoms with Crippen molar-refractivity contribution < 1.29 is 0 Å². The van der Waals surface area contributed by atoms with Gasteiger partial charge in [0.25, 0.3) is 0 Å². The van der Waals surface area contributed by atoms with Crippen molar-refractivity contribution in [3.05, 3.63) is 16.6 Å². The van der Waals surface area contributed by atoms with Gasteiger partial charge in [0.15, 0.2) is 0 Å². The standard InChI is InChI=1S/C12H21N3S/c1-10(2)13-5-11-3-4-15(6-11)7-12-8-16-9-14-12/h8-11,13H,3-7H2,1-2H3. The minimum absolute atomic E-state index is 0.604. The number of hydrogen-bond acceptors (Lipinski definition) is 4. The lowest BCUT2D eigenvalue weighted by Gasteiger charge is -2.16. The second-order valence-corrected chi connectivity index (χ2v) is 5.65. The van der Waals surface area contributed by atoms with Gasteiger partial charge in [-0.3, -0.25) is 4.90 Å². The van der Waals surface area contributed by atoms with Crippen LogP contribution in [0, 0.1) is 5.92 Å². The number of thiazole rings is 1. The fraction of sp³-hybridized carbons (Fsp3) is 0.750. The van der Waals surface area contributed by atoms with E-state index in [4.69, 9.17) is 0 Å². The Hall–Kier alpha value is -0.450. The molecule has 0 aromatic carbocycles. The van der Waals surface area contributed by atoms with Crippen LogP contribution in [0.2, 0.25) is 0 Å². The second-order valence-electron chi connectivity index (χ2n) is 4.93. The van der Waals surface area contributed by atoms with Crippen LogP contribution in [0.25, 0.3) is 0 Å². The molecule has 0 saturated carbocycles. The van der Waals surface area contributed by atoms with E-state index in [9.17, 15) is 0 Å². The maximum absolute atomic E-state index is 4.34. The Morgan fingerprint density at radius 2 is 2.50 bits per heavy atom. The molecule has 0 amide bonds. The summed E-state index contributed by atoms with van der Waals surface area (Å²) >= 11 is 1.69. The molecule has 90 valence electrons. The predicted molar refractivity (Wildman–Crippen MR) is 68.6 cm³/mol. The van der Waals surface area contributed by atoms with Crippen molar-refractivity contribution in [1.82, 2.24) is 15.2 Å². The van der Waals surface area contributed by atoms with E-state index in [0.717, 1.165) is 19.0 Å². The summed E-state index contributed by atoms with van der Waals surface area (Å²) < 4.78 is 0. The van der Waals surface area contributed by atoms with Gasteiger partial charge in [-0.05, 0) is 25.4 Å². The summed E-state index contributed by atoms with van der Waals surface area (Å²) in [6.45, 7) is 9.05. The molecule has 1 N–H and O–H groups in total. The Bertz CT molecular complexity index is 297. The smallest absolute Gasteiger partial charge is 0.0795 e. The van der Waals surface area contributed by atoms with Crippen LogP contribution in [0.5, 0.6) is 0 Å². The van der Waals surface area contributed by atoms with Crippen molar-refractivity contribution in [3.63, 3.8) is 0 Å². The van der Waals surface area contributed by atoms with Crippen LogP contribution in [0.1, 0.15) is 26.0 Å². The van der Waals surface area contributed by atoms with Crippen molar-refractivity contribution in [3.8, 4) is 0 Å². The lowest BCUT2D eigenvalue weighted by atomic mass is 10.1. The molecule has 0 bridgehead atoms. The molecular formula is C12H21N3S. The molecular weight excluding hydrogens is 218 g/mol. The minimum atomic E-state index is 0.604. The Labute approximate surface area is 102 Å². The van der Waals surface area contributed by atoms with Crippen LogP contribution >= 0.6 is 11.3 Å². The van der Waals surface area contributed by atoms with Gasteiger partial charge >= 0.3 is 0 Å². The van der Waals surface area contributed by atoms with Gasteiger partial charge in [-0.25, -0.2) is 4.98 Å². The molecule has 1 aromatic rings. The van der Waals surface area contributed by atoms with Gasteiger partial charge in [0.1, 0.15) is 0 Å². The second kappa shape index (κ2) is 5.75. The summed E-state index contributed by atoms with van der Waals surface area (Å²) in [5.74, 6) is 0.820. The topological polar surface area (TPSA) is 28.2 Å². The highest BCUT2D eigenvalue weighted by Crippen LogP contribution is 2.18. The molecule has 1 fully saturated rings. The quantitative estimate of drug-likeness (QED) is 0.851. The molecule has 1 aromatic heterocycles. The van der Waals surface area contributed by atoms with Gasteiger partial charge in [0.05, 0.1) is 11.2 Å². The van der Waals surface area contributed by atoms with E-state index >= 15 is 0 Å². The zero-order valence-corrected chi connectivity index (χ0v) is 11.0. The number of hydrogen-bond donors (Lipinski definition) is 1. The number of nitrogens with zero attached hydrogens (tertiary/aromatic N) is 2. The van der Waals surface area contributed by atoms with Crippen molar-refractivity contribution in [1.29, 1.82) is 0 Å². The van der Waals surface area contributed by atoms with E-state index in [2.05, 4.69) is 34.4 Å². The minimum Gasteiger partial charge on any atom is -0.314 e. The van der Waals surface area contributed by atoms with Crippen LogP contribution in [-0.2, 0) is 6.54 Å². The number of likely N-dealkylation sites (tertiary alicyclic amines) is 1. The highest BCUT2D eigenvalue weighted by atomic mass is 32.1. The van der Waals surface area contributed by atoms with E-state index in [1.165, 1.54) is 25.2 Å². The maximum atomic E-state index is 4.34. The van der Waals surface area contributed by atoms with Crippen molar-refractivity contribution in [2.45, 2.75) is 32.9 Å². The summed E-state index contributed by atoms with van der Waals surface area (Å²) in [7, 11) is 0. The summed E-state index contributed by atoms with van der Waals surface area (Å²) in [5, 5.41) is 5.68. The van der Waals surface area contributed by atoms with Crippen molar-refractivity contribution >= 4 is 11.3 Å². The monoisotopic (exact) mass is 239 g/mol. The summed E-state index contributed by atoms with van der Waals surface area (Å²) in [6.07, 6.45) is 1.32. The molecule has 1 aliphatic rings. The van der Waals surface area contributed by atoms with Crippen LogP contribution in [0.4, 0.5) is 0 Å². The molecule has 0 radical (unpaired) electrons. The van der Waals surface area contributed by atoms with Gasteiger partial charge < -0.3 is 5.32 Å². The normalized spacial score (nSPS) is 22.1. The van der Waals surface area contributed by atoms with E-state index in [1.54, 1.807) is 11.3 Å². The van der Waals surface area contributed by atoms with E-state index < -0.39 is 0 Å². The van der Waals surface area contributed by atoms with Crippen LogP contribution < -0.4 is 5.32 Å². The zero-order chi connectivity index (χ0) is 11.4. The molecule has 4 heteroatoms. The molecule has 1 saturated heterocycles. The first-order chi connectivity index (χ1) is 7.74. The number of rotatable bonds is 5. The summed E-state index contributed by atoms with van der Waals surface area (Å²) in [6, 6.07) is 0.604. The molecule has 1 atom stereocenters. The van der Waals surface area contributed by atoms with Crippen LogP contribution in [0.15, 0.2) is 10.9 Å². The fourth-order valence-corrected chi connectivity index (χ4v) is 2.72. The van der Waals surface area contributed by atoms with Crippen molar-refractivity contribution in [2.24, 2.45) is 5.92 Å².